The van der Waals surface area contributed by atoms with Gasteiger partial charge in [0, 0.05) is 17.5 Å². The second kappa shape index (κ2) is 8.16. The molecule has 9 heteroatoms. The van der Waals surface area contributed by atoms with Gasteiger partial charge in [-0.3, -0.25) is 9.69 Å². The molecule has 1 saturated heterocycles. The molecule has 1 aromatic heterocycles. The van der Waals surface area contributed by atoms with Crippen LogP contribution < -0.4 is 14.8 Å². The minimum atomic E-state index is -0.348. The molecule has 6 rings (SSSR count). The molecule has 3 atom stereocenters. The van der Waals surface area contributed by atoms with Crippen molar-refractivity contribution >= 4 is 11.9 Å². The van der Waals surface area contributed by atoms with E-state index < -0.39 is 0 Å². The van der Waals surface area contributed by atoms with E-state index in [1.54, 1.807) is 0 Å². The molecule has 2 fully saturated rings. The lowest BCUT2D eigenvalue weighted by Crippen LogP contribution is -2.60. The topological polar surface area (TPSA) is 107 Å². The van der Waals surface area contributed by atoms with Crippen molar-refractivity contribution in [3.63, 3.8) is 0 Å². The van der Waals surface area contributed by atoms with Crippen LogP contribution in [0.5, 0.6) is 11.5 Å². The molecular formula is C25H24N4O5. The molecule has 2 aromatic carbocycles. The molecule has 3 amide bonds. The number of rotatable bonds is 4. The van der Waals surface area contributed by atoms with E-state index in [0.29, 0.717) is 36.1 Å². The van der Waals surface area contributed by atoms with Crippen molar-refractivity contribution < 1.29 is 23.6 Å². The predicted octanol–water partition coefficient (Wildman–Crippen LogP) is 3.78. The van der Waals surface area contributed by atoms with Crippen molar-refractivity contribution in [2.24, 2.45) is 5.92 Å². The summed E-state index contributed by atoms with van der Waals surface area (Å²) in [7, 11) is 0. The van der Waals surface area contributed by atoms with Crippen LogP contribution in [-0.4, -0.2) is 39.8 Å². The molecule has 174 valence electrons. The Morgan fingerprint density at radius 2 is 1.88 bits per heavy atom. The number of hydrogen-bond donors (Lipinski definition) is 1. The zero-order valence-electron chi connectivity index (χ0n) is 18.7. The maximum absolute atomic E-state index is 13.2. The fourth-order valence-electron chi connectivity index (χ4n) is 4.97. The average molecular weight is 460 g/mol. The number of benzene rings is 2. The molecular weight excluding hydrogens is 436 g/mol. The van der Waals surface area contributed by atoms with E-state index in [-0.39, 0.29) is 43.2 Å². The first-order chi connectivity index (χ1) is 16.5. The molecule has 0 spiro atoms. The summed E-state index contributed by atoms with van der Waals surface area (Å²) in [5.74, 6) is 1.98. The number of carbonyl (C=O) groups is 2. The van der Waals surface area contributed by atoms with Gasteiger partial charge in [-0.2, -0.15) is 4.98 Å². The maximum Gasteiger partial charge on any atom is 0.324 e. The van der Waals surface area contributed by atoms with Crippen LogP contribution in [0.15, 0.2) is 47.0 Å². The number of aromatic nitrogens is 2. The highest BCUT2D eigenvalue weighted by Crippen LogP contribution is 2.39. The molecule has 1 N–H and O–H groups in total. The van der Waals surface area contributed by atoms with Gasteiger partial charge in [0.2, 0.25) is 24.4 Å². The summed E-state index contributed by atoms with van der Waals surface area (Å²) < 4.78 is 16.4. The summed E-state index contributed by atoms with van der Waals surface area (Å²) >= 11 is 0. The smallest absolute Gasteiger partial charge is 0.324 e. The fraction of sp³-hybridized carbons (Fsp3) is 0.360. The van der Waals surface area contributed by atoms with Gasteiger partial charge >= 0.3 is 6.03 Å². The van der Waals surface area contributed by atoms with Crippen molar-refractivity contribution in [3.05, 3.63) is 59.5 Å². The first-order valence-corrected chi connectivity index (χ1v) is 11.5. The Hall–Kier alpha value is -3.88. The van der Waals surface area contributed by atoms with E-state index in [1.165, 1.54) is 4.90 Å². The van der Waals surface area contributed by atoms with Crippen molar-refractivity contribution in [2.75, 3.05) is 6.79 Å². The molecule has 3 unspecified atom stereocenters. The molecule has 3 heterocycles. The molecule has 2 aliphatic heterocycles. The zero-order chi connectivity index (χ0) is 23.2. The standard InChI is InChI=1S/C25H24N4O5/c1-14-2-4-15(5-3-14)12-29-24(30)18-8-6-17(10-19(18)26-25(29)31)23-27-22(28-34-23)16-7-9-20-21(11-16)33-13-32-20/h2-5,7,9,11,17-19H,6,8,10,12-13H2,1H3,(H,26,31). The molecule has 0 radical (unpaired) electrons. The van der Waals surface area contributed by atoms with Gasteiger partial charge in [-0.05, 0) is 49.9 Å². The summed E-state index contributed by atoms with van der Waals surface area (Å²) in [6, 6.07) is 12.8. The molecule has 34 heavy (non-hydrogen) atoms. The van der Waals surface area contributed by atoms with Gasteiger partial charge < -0.3 is 19.3 Å². The SMILES string of the molecule is Cc1ccc(CN2C(=O)NC3CC(c4nc(-c5ccc6c(c5)OCO6)no4)CCC3C2=O)cc1. The van der Waals surface area contributed by atoms with Gasteiger partial charge in [0.05, 0.1) is 12.5 Å². The van der Waals surface area contributed by atoms with Crippen molar-refractivity contribution in [1.29, 1.82) is 0 Å². The second-order valence-corrected chi connectivity index (χ2v) is 9.11. The number of amides is 3. The van der Waals surface area contributed by atoms with Crippen LogP contribution in [0.1, 0.15) is 42.2 Å². The van der Waals surface area contributed by atoms with E-state index in [2.05, 4.69) is 15.5 Å². The molecule has 9 nitrogen and oxygen atoms in total. The summed E-state index contributed by atoms with van der Waals surface area (Å²) in [6.45, 7) is 2.49. The summed E-state index contributed by atoms with van der Waals surface area (Å²) in [5, 5.41) is 7.18. The molecule has 1 saturated carbocycles. The zero-order valence-corrected chi connectivity index (χ0v) is 18.7. The van der Waals surface area contributed by atoms with Crippen molar-refractivity contribution in [1.82, 2.24) is 20.4 Å². The molecule has 3 aromatic rings. The number of nitrogens with zero attached hydrogens (tertiary/aromatic N) is 3. The third-order valence-corrected chi connectivity index (χ3v) is 6.87. The fourth-order valence-corrected chi connectivity index (χ4v) is 4.97. The van der Waals surface area contributed by atoms with Gasteiger partial charge in [0.25, 0.3) is 0 Å². The number of hydrogen-bond acceptors (Lipinski definition) is 7. The Bertz CT molecular complexity index is 1250. The highest BCUT2D eigenvalue weighted by Gasteiger charge is 2.45. The van der Waals surface area contributed by atoms with Crippen LogP contribution in [0, 0.1) is 12.8 Å². The summed E-state index contributed by atoms with van der Waals surface area (Å²) in [4.78, 5) is 31.9. The van der Waals surface area contributed by atoms with E-state index in [0.717, 1.165) is 23.1 Å². The number of fused-ring (bicyclic) bond motifs is 2. The van der Waals surface area contributed by atoms with Crippen LogP contribution >= 0.6 is 0 Å². The predicted molar refractivity (Wildman–Crippen MR) is 120 cm³/mol. The Balaban J connectivity index is 1.15. The largest absolute Gasteiger partial charge is 0.454 e. The first kappa shape index (κ1) is 20.7. The third-order valence-electron chi connectivity index (χ3n) is 6.87. The van der Waals surface area contributed by atoms with Crippen molar-refractivity contribution in [2.45, 2.75) is 44.7 Å². The van der Waals surface area contributed by atoms with E-state index in [1.807, 2.05) is 49.4 Å². The summed E-state index contributed by atoms with van der Waals surface area (Å²) in [6.07, 6.45) is 1.98. The van der Waals surface area contributed by atoms with Crippen LogP contribution in [0.4, 0.5) is 4.79 Å². The minimum Gasteiger partial charge on any atom is -0.454 e. The van der Waals surface area contributed by atoms with Crippen LogP contribution in [0.2, 0.25) is 0 Å². The molecule has 3 aliphatic rings. The normalized spacial score (nSPS) is 23.6. The lowest BCUT2D eigenvalue weighted by molar-refractivity contribution is -0.137. The van der Waals surface area contributed by atoms with E-state index >= 15 is 0 Å². The third kappa shape index (κ3) is 3.67. The lowest BCUT2D eigenvalue weighted by Gasteiger charge is -2.41. The Labute approximate surface area is 196 Å². The molecule has 0 bridgehead atoms. The lowest BCUT2D eigenvalue weighted by atomic mass is 9.76. The number of nitrogens with one attached hydrogen (secondary N) is 1. The number of urea groups is 1. The van der Waals surface area contributed by atoms with Crippen LogP contribution in [0.3, 0.4) is 0 Å². The quantitative estimate of drug-likeness (QED) is 0.631. The van der Waals surface area contributed by atoms with E-state index in [9.17, 15) is 9.59 Å². The second-order valence-electron chi connectivity index (χ2n) is 9.11. The monoisotopic (exact) mass is 460 g/mol. The van der Waals surface area contributed by atoms with Gasteiger partial charge in [-0.15, -0.1) is 0 Å². The number of aryl methyl sites for hydroxylation is 1. The molecule has 1 aliphatic carbocycles. The highest BCUT2D eigenvalue weighted by atomic mass is 16.7. The average Bonchev–Trinajstić information content (AvgIpc) is 3.52. The first-order valence-electron chi connectivity index (χ1n) is 11.5. The van der Waals surface area contributed by atoms with Gasteiger partial charge in [0.15, 0.2) is 11.5 Å². The Morgan fingerprint density at radius 1 is 1.06 bits per heavy atom. The number of ether oxygens (including phenoxy) is 2. The minimum absolute atomic E-state index is 0.0201. The Kier molecular flexibility index (Phi) is 4.97. The number of imide groups is 1. The number of carbonyl (C=O) groups excluding carboxylic acids is 2. The van der Waals surface area contributed by atoms with Gasteiger partial charge in [0.1, 0.15) is 0 Å². The van der Waals surface area contributed by atoms with Gasteiger partial charge in [-0.1, -0.05) is 35.0 Å². The van der Waals surface area contributed by atoms with Crippen LogP contribution in [-0.2, 0) is 11.3 Å². The van der Waals surface area contributed by atoms with Crippen LogP contribution in [0.25, 0.3) is 11.4 Å². The van der Waals surface area contributed by atoms with Gasteiger partial charge in [-0.25, -0.2) is 4.79 Å². The van der Waals surface area contributed by atoms with Crippen molar-refractivity contribution in [3.8, 4) is 22.9 Å². The Morgan fingerprint density at radius 3 is 2.74 bits per heavy atom. The maximum atomic E-state index is 13.2. The van der Waals surface area contributed by atoms with E-state index in [4.69, 9.17) is 14.0 Å². The summed E-state index contributed by atoms with van der Waals surface area (Å²) in [5.41, 5.74) is 2.85. The highest BCUT2D eigenvalue weighted by molar-refractivity contribution is 5.98.